The van der Waals surface area contributed by atoms with Crippen LogP contribution < -0.4 is 20.9 Å². The molecule has 0 radical (unpaired) electrons. The molecule has 0 saturated carbocycles. The Labute approximate surface area is 150 Å². The minimum absolute atomic E-state index is 0.289. The molecule has 27 heavy (non-hydrogen) atoms. The molecule has 7 nitrogen and oxygen atoms in total. The molecule has 0 spiro atoms. The minimum atomic E-state index is -4.80. The molecule has 142 valence electrons. The summed E-state index contributed by atoms with van der Waals surface area (Å²) in [6.45, 7) is 0.987. The molecule has 2 aromatic rings. The number of carbonyl (C=O) groups excluding carboxylic acids is 2. The number of hydrogen-bond acceptors (Lipinski definition) is 4. The van der Waals surface area contributed by atoms with Crippen LogP contribution in [0.5, 0.6) is 5.75 Å². The van der Waals surface area contributed by atoms with Crippen LogP contribution in [0, 0.1) is 0 Å². The van der Waals surface area contributed by atoms with E-state index in [1.807, 2.05) is 0 Å². The summed E-state index contributed by atoms with van der Waals surface area (Å²) in [6.07, 6.45) is -4.35. The fourth-order valence-electron chi connectivity index (χ4n) is 2.52. The number of alkyl halides is 3. The first-order valence-corrected chi connectivity index (χ1v) is 7.83. The Morgan fingerprint density at radius 3 is 2.74 bits per heavy atom. The number of fused-ring (bicyclic) bond motifs is 1. The number of aromatic nitrogens is 1. The SMILES string of the molecule is CC1Oc2ccc(NC(=O)Cn3cccc(C(F)(F)F)c3=O)cc2NC1=O. The van der Waals surface area contributed by atoms with E-state index in [0.717, 1.165) is 12.3 Å². The van der Waals surface area contributed by atoms with E-state index < -0.39 is 35.9 Å². The second-order valence-electron chi connectivity index (χ2n) is 5.86. The number of carbonyl (C=O) groups is 2. The van der Waals surface area contributed by atoms with Gasteiger partial charge in [0, 0.05) is 11.9 Å². The Kier molecular flexibility index (Phi) is 4.64. The summed E-state index contributed by atoms with van der Waals surface area (Å²) >= 11 is 0. The van der Waals surface area contributed by atoms with Crippen molar-refractivity contribution in [2.75, 3.05) is 10.6 Å². The maximum absolute atomic E-state index is 12.8. The smallest absolute Gasteiger partial charge is 0.421 e. The van der Waals surface area contributed by atoms with Crippen LogP contribution in [0.25, 0.3) is 0 Å². The number of amides is 2. The van der Waals surface area contributed by atoms with Crippen LogP contribution in [0.3, 0.4) is 0 Å². The van der Waals surface area contributed by atoms with E-state index in [1.165, 1.54) is 18.2 Å². The topological polar surface area (TPSA) is 89.4 Å². The molecule has 1 unspecified atom stereocenters. The van der Waals surface area contributed by atoms with Crippen molar-refractivity contribution < 1.29 is 27.5 Å². The molecule has 0 saturated heterocycles. The van der Waals surface area contributed by atoms with Gasteiger partial charge in [0.15, 0.2) is 6.10 Å². The number of anilines is 2. The lowest BCUT2D eigenvalue weighted by Gasteiger charge is -2.23. The zero-order valence-corrected chi connectivity index (χ0v) is 14.0. The molecule has 1 atom stereocenters. The van der Waals surface area contributed by atoms with Crippen LogP contribution in [-0.2, 0) is 22.3 Å². The molecule has 3 rings (SSSR count). The molecule has 0 fully saturated rings. The minimum Gasteiger partial charge on any atom is -0.479 e. The maximum atomic E-state index is 12.8. The predicted octanol–water partition coefficient (Wildman–Crippen LogP) is 2.23. The van der Waals surface area contributed by atoms with Crippen LogP contribution in [0.15, 0.2) is 41.3 Å². The highest BCUT2D eigenvalue weighted by molar-refractivity contribution is 5.99. The van der Waals surface area contributed by atoms with Crippen LogP contribution in [0.2, 0.25) is 0 Å². The molecule has 2 amide bonds. The highest BCUT2D eigenvalue weighted by Gasteiger charge is 2.34. The maximum Gasteiger partial charge on any atom is 0.421 e. The van der Waals surface area contributed by atoms with E-state index in [0.29, 0.717) is 22.1 Å². The van der Waals surface area contributed by atoms with Crippen molar-refractivity contribution in [3.8, 4) is 5.75 Å². The van der Waals surface area contributed by atoms with E-state index in [2.05, 4.69) is 10.6 Å². The molecular formula is C17H14F3N3O4. The van der Waals surface area contributed by atoms with E-state index in [4.69, 9.17) is 4.74 Å². The van der Waals surface area contributed by atoms with E-state index in [9.17, 15) is 27.6 Å². The van der Waals surface area contributed by atoms with Gasteiger partial charge in [-0.15, -0.1) is 0 Å². The summed E-state index contributed by atoms with van der Waals surface area (Å²) in [4.78, 5) is 35.6. The third-order valence-corrected chi connectivity index (χ3v) is 3.83. The molecule has 0 aliphatic carbocycles. The summed E-state index contributed by atoms with van der Waals surface area (Å²) < 4.78 is 44.4. The quantitative estimate of drug-likeness (QED) is 0.853. The fraction of sp³-hybridized carbons (Fsp3) is 0.235. The summed E-state index contributed by atoms with van der Waals surface area (Å²) in [6, 6.07) is 6.20. The van der Waals surface area contributed by atoms with Crippen molar-refractivity contribution in [3.63, 3.8) is 0 Å². The second kappa shape index (κ2) is 6.78. The summed E-state index contributed by atoms with van der Waals surface area (Å²) in [5.41, 5.74) is -2.01. The summed E-state index contributed by atoms with van der Waals surface area (Å²) in [7, 11) is 0. The lowest BCUT2D eigenvalue weighted by Crippen LogP contribution is -2.34. The van der Waals surface area contributed by atoms with Gasteiger partial charge in [0.25, 0.3) is 11.5 Å². The van der Waals surface area contributed by atoms with Crippen molar-refractivity contribution in [2.24, 2.45) is 0 Å². The van der Waals surface area contributed by atoms with Crippen LogP contribution in [-0.4, -0.2) is 22.5 Å². The Hall–Kier alpha value is -3.30. The van der Waals surface area contributed by atoms with Crippen LogP contribution in [0.1, 0.15) is 12.5 Å². The first-order chi connectivity index (χ1) is 12.6. The van der Waals surface area contributed by atoms with Gasteiger partial charge in [0.2, 0.25) is 5.91 Å². The largest absolute Gasteiger partial charge is 0.479 e. The molecule has 1 aromatic carbocycles. The molecule has 0 bridgehead atoms. The van der Waals surface area contributed by atoms with Crippen molar-refractivity contribution in [1.29, 1.82) is 0 Å². The van der Waals surface area contributed by atoms with Gasteiger partial charge in [0.1, 0.15) is 17.9 Å². The van der Waals surface area contributed by atoms with Gasteiger partial charge in [-0.25, -0.2) is 0 Å². The first-order valence-electron chi connectivity index (χ1n) is 7.83. The number of ether oxygens (including phenoxy) is 1. The monoisotopic (exact) mass is 381 g/mol. The number of nitrogens with one attached hydrogen (secondary N) is 2. The second-order valence-corrected chi connectivity index (χ2v) is 5.86. The van der Waals surface area contributed by atoms with Gasteiger partial charge in [-0.05, 0) is 37.3 Å². The van der Waals surface area contributed by atoms with Crippen molar-refractivity contribution in [2.45, 2.75) is 25.7 Å². The molecule has 2 N–H and O–H groups in total. The molecule has 1 aromatic heterocycles. The molecule has 2 heterocycles. The average molecular weight is 381 g/mol. The van der Waals surface area contributed by atoms with E-state index in [-0.39, 0.29) is 11.6 Å². The summed E-state index contributed by atoms with van der Waals surface area (Å²) in [5.74, 6) is -0.622. The van der Waals surface area contributed by atoms with Crippen molar-refractivity contribution in [3.05, 3.63) is 52.4 Å². The highest BCUT2D eigenvalue weighted by Crippen LogP contribution is 2.32. The Morgan fingerprint density at radius 1 is 1.30 bits per heavy atom. The number of hydrogen-bond donors (Lipinski definition) is 2. The zero-order chi connectivity index (χ0) is 19.8. The van der Waals surface area contributed by atoms with E-state index >= 15 is 0 Å². The summed E-state index contributed by atoms with van der Waals surface area (Å²) in [5, 5.41) is 5.08. The lowest BCUT2D eigenvalue weighted by molar-refractivity contribution is -0.139. The number of benzene rings is 1. The van der Waals surface area contributed by atoms with Gasteiger partial charge < -0.3 is 19.9 Å². The number of rotatable bonds is 3. The highest BCUT2D eigenvalue weighted by atomic mass is 19.4. The Balaban J connectivity index is 1.75. The van der Waals surface area contributed by atoms with Gasteiger partial charge in [0.05, 0.1) is 5.69 Å². The van der Waals surface area contributed by atoms with Crippen LogP contribution in [0.4, 0.5) is 24.5 Å². The van der Waals surface area contributed by atoms with Gasteiger partial charge in [-0.1, -0.05) is 0 Å². The predicted molar refractivity (Wildman–Crippen MR) is 89.5 cm³/mol. The fourth-order valence-corrected chi connectivity index (χ4v) is 2.52. The van der Waals surface area contributed by atoms with E-state index in [1.54, 1.807) is 6.92 Å². The number of halogens is 3. The average Bonchev–Trinajstić information content (AvgIpc) is 2.57. The van der Waals surface area contributed by atoms with Crippen molar-refractivity contribution >= 4 is 23.2 Å². The molecule has 1 aliphatic rings. The normalized spacial score (nSPS) is 16.1. The molecular weight excluding hydrogens is 367 g/mol. The van der Waals surface area contributed by atoms with Gasteiger partial charge >= 0.3 is 6.18 Å². The zero-order valence-electron chi connectivity index (χ0n) is 14.0. The third-order valence-electron chi connectivity index (χ3n) is 3.83. The number of nitrogens with zero attached hydrogens (tertiary/aromatic N) is 1. The standard InChI is InChI=1S/C17H14F3N3O4/c1-9-15(25)22-12-7-10(4-5-13(12)27-9)21-14(24)8-23-6-2-3-11(16(23)26)17(18,19)20/h2-7,9H,8H2,1H3,(H,21,24)(H,22,25). The first kappa shape index (κ1) is 18.5. The molecule has 1 aliphatic heterocycles. The molecule has 10 heteroatoms. The van der Waals surface area contributed by atoms with Crippen molar-refractivity contribution in [1.82, 2.24) is 4.57 Å². The Morgan fingerprint density at radius 2 is 2.04 bits per heavy atom. The third kappa shape index (κ3) is 3.94. The number of pyridine rings is 1. The van der Waals surface area contributed by atoms with Crippen LogP contribution >= 0.6 is 0 Å². The van der Waals surface area contributed by atoms with Gasteiger partial charge in [-0.2, -0.15) is 13.2 Å². The van der Waals surface area contributed by atoms with Gasteiger partial charge in [-0.3, -0.25) is 14.4 Å². The lowest BCUT2D eigenvalue weighted by atomic mass is 10.2. The Bertz CT molecular complexity index is 969.